The van der Waals surface area contributed by atoms with Crippen molar-refractivity contribution in [3.05, 3.63) is 28.5 Å². The van der Waals surface area contributed by atoms with Crippen molar-refractivity contribution in [2.75, 3.05) is 0 Å². The first-order valence-electron chi connectivity index (χ1n) is 3.09. The predicted molar refractivity (Wildman–Crippen MR) is 47.7 cm³/mol. The molecule has 0 aliphatic rings. The van der Waals surface area contributed by atoms with E-state index in [-0.39, 0.29) is 10.8 Å². The summed E-state index contributed by atoms with van der Waals surface area (Å²) < 4.78 is 12.6. The number of terminal acetylenes is 1. The molecule has 0 aliphatic heterocycles. The van der Waals surface area contributed by atoms with Gasteiger partial charge in [0.2, 0.25) is 0 Å². The van der Waals surface area contributed by atoms with E-state index in [4.69, 9.17) is 16.7 Å². The SMILES string of the molecule is C#C.Cc1cc(O)c(Cl)cc1F. The molecule has 0 fully saturated rings. The number of aromatic hydroxyl groups is 1. The van der Waals surface area contributed by atoms with E-state index in [0.29, 0.717) is 5.56 Å². The molecule has 0 aromatic heterocycles. The van der Waals surface area contributed by atoms with Crippen molar-refractivity contribution in [2.45, 2.75) is 6.92 Å². The number of benzene rings is 1. The highest BCUT2D eigenvalue weighted by atomic mass is 35.5. The average Bonchev–Trinajstić information content (AvgIpc) is 2.05. The van der Waals surface area contributed by atoms with E-state index in [0.717, 1.165) is 6.07 Å². The summed E-state index contributed by atoms with van der Waals surface area (Å²) in [6.07, 6.45) is 8.00. The minimum Gasteiger partial charge on any atom is -0.506 e. The molecule has 3 heteroatoms. The second kappa shape index (κ2) is 4.63. The maximum absolute atomic E-state index is 12.6. The second-order valence-corrected chi connectivity index (χ2v) is 2.46. The molecule has 0 atom stereocenters. The third-order valence-electron chi connectivity index (χ3n) is 1.23. The maximum atomic E-state index is 12.6. The molecule has 0 saturated heterocycles. The van der Waals surface area contributed by atoms with Gasteiger partial charge in [-0.15, -0.1) is 12.8 Å². The van der Waals surface area contributed by atoms with Crippen molar-refractivity contribution in [3.63, 3.8) is 0 Å². The lowest BCUT2D eigenvalue weighted by Gasteiger charge is -1.98. The van der Waals surface area contributed by atoms with Crippen LogP contribution in [-0.2, 0) is 0 Å². The van der Waals surface area contributed by atoms with Crippen LogP contribution in [0.15, 0.2) is 12.1 Å². The van der Waals surface area contributed by atoms with Gasteiger partial charge in [0.15, 0.2) is 0 Å². The van der Waals surface area contributed by atoms with Crippen molar-refractivity contribution in [1.82, 2.24) is 0 Å². The van der Waals surface area contributed by atoms with Crippen LogP contribution in [-0.4, -0.2) is 5.11 Å². The van der Waals surface area contributed by atoms with Crippen molar-refractivity contribution < 1.29 is 9.50 Å². The number of hydrogen-bond acceptors (Lipinski definition) is 1. The molecule has 0 unspecified atom stereocenters. The molecule has 1 rings (SSSR count). The van der Waals surface area contributed by atoms with E-state index >= 15 is 0 Å². The van der Waals surface area contributed by atoms with Gasteiger partial charge in [-0.25, -0.2) is 4.39 Å². The van der Waals surface area contributed by atoms with E-state index in [9.17, 15) is 4.39 Å². The van der Waals surface area contributed by atoms with Crippen LogP contribution in [0, 0.1) is 25.6 Å². The van der Waals surface area contributed by atoms with E-state index in [1.165, 1.54) is 6.07 Å². The Hall–Kier alpha value is -1.20. The number of halogens is 2. The number of phenolic OH excluding ortho intramolecular Hbond substituents is 1. The molecule has 0 spiro atoms. The first kappa shape index (κ1) is 10.8. The van der Waals surface area contributed by atoms with Crippen molar-refractivity contribution in [2.24, 2.45) is 0 Å². The molecule has 0 heterocycles. The number of aryl methyl sites for hydroxylation is 1. The standard InChI is InChI=1S/C7H6ClFO.C2H2/c1-4-2-7(10)5(8)3-6(4)9;1-2/h2-3,10H,1H3;1-2H. The largest absolute Gasteiger partial charge is 0.506 e. The Labute approximate surface area is 75.8 Å². The zero-order chi connectivity index (χ0) is 9.72. The van der Waals surface area contributed by atoms with Crippen LogP contribution in [0.4, 0.5) is 4.39 Å². The van der Waals surface area contributed by atoms with Crippen LogP contribution in [0.1, 0.15) is 5.56 Å². The first-order chi connectivity index (χ1) is 5.61. The molecule has 1 aromatic carbocycles. The molecule has 1 aromatic rings. The molecule has 0 radical (unpaired) electrons. The van der Waals surface area contributed by atoms with Gasteiger partial charge in [0.1, 0.15) is 11.6 Å². The summed E-state index contributed by atoms with van der Waals surface area (Å²) in [4.78, 5) is 0. The Bertz CT molecular complexity index is 244. The summed E-state index contributed by atoms with van der Waals surface area (Å²) in [5, 5.41) is 8.97. The van der Waals surface area contributed by atoms with Crippen LogP contribution in [0.3, 0.4) is 0 Å². The maximum Gasteiger partial charge on any atom is 0.134 e. The van der Waals surface area contributed by atoms with Crippen LogP contribution in [0.2, 0.25) is 5.02 Å². The summed E-state index contributed by atoms with van der Waals surface area (Å²) in [5.41, 5.74) is 0.391. The van der Waals surface area contributed by atoms with Crippen molar-refractivity contribution >= 4 is 11.6 Å². The Kier molecular flexibility index (Phi) is 4.17. The Balaban J connectivity index is 0.000000561. The Morgan fingerprint density at radius 3 is 2.33 bits per heavy atom. The van der Waals surface area contributed by atoms with Gasteiger partial charge in [-0.05, 0) is 24.6 Å². The highest BCUT2D eigenvalue weighted by molar-refractivity contribution is 6.32. The smallest absolute Gasteiger partial charge is 0.134 e. The van der Waals surface area contributed by atoms with Gasteiger partial charge in [-0.2, -0.15) is 0 Å². The normalized spacial score (nSPS) is 8.42. The minimum atomic E-state index is -0.400. The van der Waals surface area contributed by atoms with Gasteiger partial charge in [0.05, 0.1) is 5.02 Å². The first-order valence-corrected chi connectivity index (χ1v) is 3.47. The van der Waals surface area contributed by atoms with Gasteiger partial charge in [-0.1, -0.05) is 11.6 Å². The quantitative estimate of drug-likeness (QED) is 0.618. The molecule has 12 heavy (non-hydrogen) atoms. The summed E-state index contributed by atoms with van der Waals surface area (Å²) in [6, 6.07) is 2.38. The van der Waals surface area contributed by atoms with Crippen LogP contribution >= 0.6 is 11.6 Å². The fourth-order valence-corrected chi connectivity index (χ4v) is 0.792. The third-order valence-corrected chi connectivity index (χ3v) is 1.53. The van der Waals surface area contributed by atoms with E-state index in [1.807, 2.05) is 0 Å². The van der Waals surface area contributed by atoms with Gasteiger partial charge < -0.3 is 5.11 Å². The molecule has 1 nitrogen and oxygen atoms in total. The van der Waals surface area contributed by atoms with E-state index in [1.54, 1.807) is 6.92 Å². The topological polar surface area (TPSA) is 20.2 Å². The van der Waals surface area contributed by atoms with Crippen molar-refractivity contribution in [1.29, 1.82) is 0 Å². The molecule has 0 bridgehead atoms. The zero-order valence-electron chi connectivity index (χ0n) is 6.51. The Morgan fingerprint density at radius 1 is 1.42 bits per heavy atom. The van der Waals surface area contributed by atoms with E-state index < -0.39 is 5.82 Å². The summed E-state index contributed by atoms with van der Waals surface area (Å²) in [7, 11) is 0. The predicted octanol–water partition coefficient (Wildman–Crippen LogP) is 2.74. The fraction of sp³-hybridized carbons (Fsp3) is 0.111. The molecule has 1 N–H and O–H groups in total. The van der Waals surface area contributed by atoms with Crippen molar-refractivity contribution in [3.8, 4) is 18.6 Å². The average molecular weight is 187 g/mol. The molecule has 0 saturated carbocycles. The fourth-order valence-electron chi connectivity index (χ4n) is 0.642. The number of hydrogen-bond donors (Lipinski definition) is 1. The van der Waals surface area contributed by atoms with Gasteiger partial charge in [0.25, 0.3) is 0 Å². The van der Waals surface area contributed by atoms with Crippen LogP contribution < -0.4 is 0 Å². The number of phenols is 1. The highest BCUT2D eigenvalue weighted by Crippen LogP contribution is 2.25. The lowest BCUT2D eigenvalue weighted by Crippen LogP contribution is -1.80. The molecular weight excluding hydrogens is 179 g/mol. The minimum absolute atomic E-state index is 0.0445. The lowest BCUT2D eigenvalue weighted by atomic mass is 10.2. The van der Waals surface area contributed by atoms with Gasteiger partial charge >= 0.3 is 0 Å². The monoisotopic (exact) mass is 186 g/mol. The van der Waals surface area contributed by atoms with E-state index in [2.05, 4.69) is 12.8 Å². The summed E-state index contributed by atoms with van der Waals surface area (Å²) in [5.74, 6) is -0.483. The third kappa shape index (κ3) is 2.44. The molecule has 0 amide bonds. The van der Waals surface area contributed by atoms with Gasteiger partial charge in [0, 0.05) is 0 Å². The van der Waals surface area contributed by atoms with Crippen LogP contribution in [0.5, 0.6) is 5.75 Å². The second-order valence-electron chi connectivity index (χ2n) is 2.05. The summed E-state index contributed by atoms with van der Waals surface area (Å²) in [6.45, 7) is 1.56. The molecular formula is C9H8ClFO. The molecule has 0 aliphatic carbocycles. The van der Waals surface area contributed by atoms with Crippen LogP contribution in [0.25, 0.3) is 0 Å². The Morgan fingerprint density at radius 2 is 1.92 bits per heavy atom. The summed E-state index contributed by atoms with van der Waals surface area (Å²) >= 11 is 5.40. The van der Waals surface area contributed by atoms with Gasteiger partial charge in [-0.3, -0.25) is 0 Å². The zero-order valence-corrected chi connectivity index (χ0v) is 7.27. The molecule has 64 valence electrons. The number of rotatable bonds is 0. The highest BCUT2D eigenvalue weighted by Gasteiger charge is 2.02. The lowest BCUT2D eigenvalue weighted by molar-refractivity contribution is 0.472.